The third-order valence-electron chi connectivity index (χ3n) is 3.68. The Balaban J connectivity index is 2.15. The Labute approximate surface area is 112 Å². The number of carbonyl (C=O) groups is 1. The first-order valence-electron chi connectivity index (χ1n) is 6.26. The first kappa shape index (κ1) is 13.1. The molecule has 0 spiro atoms. The lowest BCUT2D eigenvalue weighted by Gasteiger charge is -2.42. The van der Waals surface area contributed by atoms with E-state index in [2.05, 4.69) is 22.5 Å². The second kappa shape index (κ2) is 5.14. The molecule has 98 valence electrons. The molecule has 2 N–H and O–H groups in total. The van der Waals surface area contributed by atoms with Crippen LogP contribution in [0.4, 0.5) is 5.82 Å². The molecule has 1 aliphatic carbocycles. The number of rotatable bonds is 4. The van der Waals surface area contributed by atoms with Gasteiger partial charge in [-0.1, -0.05) is 18.5 Å². The van der Waals surface area contributed by atoms with Crippen molar-refractivity contribution in [3.63, 3.8) is 0 Å². The molecule has 5 heteroatoms. The van der Waals surface area contributed by atoms with Crippen LogP contribution in [0.15, 0.2) is 12.1 Å². The summed E-state index contributed by atoms with van der Waals surface area (Å²) in [6, 6.07) is 3.31. The topological polar surface area (TPSA) is 54.0 Å². The summed E-state index contributed by atoms with van der Waals surface area (Å²) in [4.78, 5) is 16.3. The molecule has 1 aromatic rings. The number of hydrogen-bond donors (Lipinski definition) is 2. The number of aromatic nitrogens is 1. The van der Waals surface area contributed by atoms with E-state index in [1.165, 1.54) is 6.42 Å². The molecule has 1 saturated carbocycles. The van der Waals surface area contributed by atoms with Crippen molar-refractivity contribution in [2.24, 2.45) is 0 Å². The zero-order chi connectivity index (χ0) is 13.2. The number of carbonyl (C=O) groups excluding carboxylic acids is 1. The average molecular weight is 268 g/mol. The van der Waals surface area contributed by atoms with E-state index in [0.717, 1.165) is 19.3 Å². The molecule has 4 nitrogen and oxygen atoms in total. The zero-order valence-corrected chi connectivity index (χ0v) is 11.5. The van der Waals surface area contributed by atoms with E-state index in [1.54, 1.807) is 19.2 Å². The molecule has 1 aromatic heterocycles. The first-order chi connectivity index (χ1) is 8.58. The number of nitrogens with one attached hydrogen (secondary N) is 2. The minimum absolute atomic E-state index is 0.00731. The number of amides is 1. The number of halogens is 1. The van der Waals surface area contributed by atoms with Crippen LogP contribution >= 0.6 is 11.6 Å². The van der Waals surface area contributed by atoms with Crippen LogP contribution in [0.2, 0.25) is 5.15 Å². The van der Waals surface area contributed by atoms with Gasteiger partial charge in [-0.15, -0.1) is 0 Å². The highest BCUT2D eigenvalue weighted by molar-refractivity contribution is 6.29. The number of nitrogens with zero attached hydrogens (tertiary/aromatic N) is 1. The predicted octanol–water partition coefficient (Wildman–Crippen LogP) is 2.84. The van der Waals surface area contributed by atoms with Crippen LogP contribution in [0.3, 0.4) is 0 Å². The second-order valence-corrected chi connectivity index (χ2v) is 5.14. The van der Waals surface area contributed by atoms with Gasteiger partial charge in [0.05, 0.1) is 0 Å². The maximum atomic E-state index is 12.2. The Hall–Kier alpha value is -1.29. The maximum absolute atomic E-state index is 12.2. The van der Waals surface area contributed by atoms with Crippen molar-refractivity contribution >= 4 is 23.3 Å². The van der Waals surface area contributed by atoms with Crippen molar-refractivity contribution in [3.05, 3.63) is 22.8 Å². The Kier molecular flexibility index (Phi) is 3.76. The van der Waals surface area contributed by atoms with Crippen molar-refractivity contribution in [2.45, 2.75) is 38.1 Å². The van der Waals surface area contributed by atoms with Crippen LogP contribution in [-0.2, 0) is 0 Å². The molecule has 1 fully saturated rings. The molecule has 0 radical (unpaired) electrons. The highest BCUT2D eigenvalue weighted by Gasteiger charge is 2.36. The molecule has 1 aliphatic rings. The van der Waals surface area contributed by atoms with E-state index in [-0.39, 0.29) is 11.4 Å². The van der Waals surface area contributed by atoms with E-state index in [1.807, 2.05) is 0 Å². The molecule has 0 bridgehead atoms. The third-order valence-corrected chi connectivity index (χ3v) is 3.87. The number of anilines is 1. The largest absolute Gasteiger partial charge is 0.373 e. The van der Waals surface area contributed by atoms with E-state index in [0.29, 0.717) is 16.5 Å². The highest BCUT2D eigenvalue weighted by atomic mass is 35.5. The fourth-order valence-electron chi connectivity index (χ4n) is 2.24. The summed E-state index contributed by atoms with van der Waals surface area (Å²) in [6.45, 7) is 2.11. The summed E-state index contributed by atoms with van der Waals surface area (Å²) in [6.07, 6.45) is 4.28. The zero-order valence-electron chi connectivity index (χ0n) is 10.7. The van der Waals surface area contributed by atoms with Gasteiger partial charge in [-0.05, 0) is 37.8 Å². The number of hydrogen-bond acceptors (Lipinski definition) is 3. The fourth-order valence-corrected chi connectivity index (χ4v) is 2.45. The third kappa shape index (κ3) is 2.58. The minimum Gasteiger partial charge on any atom is -0.373 e. The maximum Gasteiger partial charge on any atom is 0.251 e. The minimum atomic E-state index is -0.0719. The van der Waals surface area contributed by atoms with Gasteiger partial charge in [-0.25, -0.2) is 4.98 Å². The van der Waals surface area contributed by atoms with E-state index in [4.69, 9.17) is 11.6 Å². The lowest BCUT2D eigenvalue weighted by molar-refractivity contribution is 0.0820. The van der Waals surface area contributed by atoms with Gasteiger partial charge in [0.25, 0.3) is 5.91 Å². The van der Waals surface area contributed by atoms with Crippen molar-refractivity contribution < 1.29 is 4.79 Å². The first-order valence-corrected chi connectivity index (χ1v) is 6.64. The number of pyridine rings is 1. The molecule has 0 aromatic carbocycles. The summed E-state index contributed by atoms with van der Waals surface area (Å²) >= 11 is 5.89. The van der Waals surface area contributed by atoms with Crippen LogP contribution < -0.4 is 10.6 Å². The van der Waals surface area contributed by atoms with Gasteiger partial charge >= 0.3 is 0 Å². The molecule has 0 atom stereocenters. The van der Waals surface area contributed by atoms with Crippen molar-refractivity contribution in [1.29, 1.82) is 0 Å². The Bertz CT molecular complexity index is 452. The van der Waals surface area contributed by atoms with E-state index in [9.17, 15) is 4.79 Å². The summed E-state index contributed by atoms with van der Waals surface area (Å²) in [7, 11) is 1.75. The van der Waals surface area contributed by atoms with Gasteiger partial charge in [-0.2, -0.15) is 0 Å². The second-order valence-electron chi connectivity index (χ2n) is 4.76. The lowest BCUT2D eigenvalue weighted by atomic mass is 9.74. The van der Waals surface area contributed by atoms with Crippen molar-refractivity contribution in [3.8, 4) is 0 Å². The Morgan fingerprint density at radius 2 is 2.22 bits per heavy atom. The fraction of sp³-hybridized carbons (Fsp3) is 0.538. The summed E-state index contributed by atoms with van der Waals surface area (Å²) in [5, 5.41) is 6.34. The Morgan fingerprint density at radius 3 is 2.72 bits per heavy atom. The standard InChI is InChI=1S/C13H18ClN3O/c1-3-13(5-4-6-13)17-12(18)9-7-10(14)16-11(8-9)15-2/h7-8H,3-6H2,1-2H3,(H,15,16)(H,17,18). The summed E-state index contributed by atoms with van der Waals surface area (Å²) in [5.41, 5.74) is 0.547. The van der Waals surface area contributed by atoms with E-state index < -0.39 is 0 Å². The van der Waals surface area contributed by atoms with Gasteiger partial charge in [0.15, 0.2) is 0 Å². The van der Waals surface area contributed by atoms with Gasteiger partial charge in [0.1, 0.15) is 11.0 Å². The molecule has 1 amide bonds. The molecular formula is C13H18ClN3O. The summed E-state index contributed by atoms with van der Waals surface area (Å²) in [5.74, 6) is 0.532. The SMILES string of the molecule is CCC1(NC(=O)c2cc(Cl)nc(NC)c2)CCC1. The van der Waals surface area contributed by atoms with Crippen LogP contribution in [0, 0.1) is 0 Å². The smallest absolute Gasteiger partial charge is 0.251 e. The molecular weight excluding hydrogens is 250 g/mol. The molecule has 18 heavy (non-hydrogen) atoms. The highest BCUT2D eigenvalue weighted by Crippen LogP contribution is 2.34. The molecule has 2 rings (SSSR count). The molecule has 0 saturated heterocycles. The van der Waals surface area contributed by atoms with Gasteiger partial charge in [0.2, 0.25) is 0 Å². The average Bonchev–Trinajstić information content (AvgIpc) is 2.32. The predicted molar refractivity (Wildman–Crippen MR) is 73.1 cm³/mol. The summed E-state index contributed by atoms with van der Waals surface area (Å²) < 4.78 is 0. The van der Waals surface area contributed by atoms with Crippen LogP contribution in [-0.4, -0.2) is 23.5 Å². The van der Waals surface area contributed by atoms with Gasteiger partial charge in [-0.3, -0.25) is 4.79 Å². The molecule has 1 heterocycles. The van der Waals surface area contributed by atoms with Crippen LogP contribution in [0.25, 0.3) is 0 Å². The van der Waals surface area contributed by atoms with E-state index >= 15 is 0 Å². The quantitative estimate of drug-likeness (QED) is 0.825. The van der Waals surface area contributed by atoms with Crippen LogP contribution in [0.1, 0.15) is 43.0 Å². The molecule has 0 aliphatic heterocycles. The van der Waals surface area contributed by atoms with Crippen molar-refractivity contribution in [2.75, 3.05) is 12.4 Å². The molecule has 0 unspecified atom stereocenters. The normalized spacial score (nSPS) is 16.8. The Morgan fingerprint density at radius 1 is 1.50 bits per heavy atom. The van der Waals surface area contributed by atoms with Gasteiger partial charge < -0.3 is 10.6 Å². The van der Waals surface area contributed by atoms with Crippen molar-refractivity contribution in [1.82, 2.24) is 10.3 Å². The van der Waals surface area contributed by atoms with Gasteiger partial charge in [0, 0.05) is 18.2 Å². The lowest BCUT2D eigenvalue weighted by Crippen LogP contribution is -2.52. The van der Waals surface area contributed by atoms with Crippen LogP contribution in [0.5, 0.6) is 0 Å². The monoisotopic (exact) mass is 267 g/mol.